The maximum absolute atomic E-state index is 9.68. The number of aliphatic hydroxyl groups excluding tert-OH is 4. The lowest BCUT2D eigenvalue weighted by atomic mass is 9.99. The van der Waals surface area contributed by atoms with Gasteiger partial charge in [0.15, 0.2) is 6.29 Å². The van der Waals surface area contributed by atoms with Gasteiger partial charge < -0.3 is 29.9 Å². The van der Waals surface area contributed by atoms with Crippen LogP contribution in [0.1, 0.15) is 32.6 Å². The summed E-state index contributed by atoms with van der Waals surface area (Å²) in [4.78, 5) is 0. The van der Waals surface area contributed by atoms with Crippen molar-refractivity contribution in [3.8, 4) is 0 Å². The van der Waals surface area contributed by atoms with E-state index in [9.17, 15) is 15.3 Å². The summed E-state index contributed by atoms with van der Waals surface area (Å²) in [5.41, 5.74) is 0. The first-order chi connectivity index (χ1) is 8.61. The molecule has 0 radical (unpaired) electrons. The largest absolute Gasteiger partial charge is 0.394 e. The van der Waals surface area contributed by atoms with Gasteiger partial charge >= 0.3 is 0 Å². The number of ether oxygens (including phenoxy) is 2. The maximum atomic E-state index is 9.68. The Labute approximate surface area is 107 Å². The lowest BCUT2D eigenvalue weighted by Gasteiger charge is -2.39. The van der Waals surface area contributed by atoms with Gasteiger partial charge in [0.1, 0.15) is 24.4 Å². The van der Waals surface area contributed by atoms with Crippen LogP contribution in [0.5, 0.6) is 0 Å². The van der Waals surface area contributed by atoms with E-state index in [1.54, 1.807) is 0 Å². The minimum Gasteiger partial charge on any atom is -0.394 e. The van der Waals surface area contributed by atoms with E-state index in [2.05, 4.69) is 6.92 Å². The van der Waals surface area contributed by atoms with Gasteiger partial charge in [-0.25, -0.2) is 0 Å². The summed E-state index contributed by atoms with van der Waals surface area (Å²) in [6.07, 6.45) is -1.75. The minimum absolute atomic E-state index is 0.419. The molecule has 0 unspecified atom stereocenters. The highest BCUT2D eigenvalue weighted by atomic mass is 16.7. The number of unbranched alkanes of at least 4 members (excludes halogenated alkanes) is 3. The van der Waals surface area contributed by atoms with E-state index in [4.69, 9.17) is 14.6 Å². The Balaban J connectivity index is 2.35. The van der Waals surface area contributed by atoms with E-state index >= 15 is 0 Å². The second-order valence-electron chi connectivity index (χ2n) is 4.63. The van der Waals surface area contributed by atoms with Gasteiger partial charge in [-0.3, -0.25) is 0 Å². The van der Waals surface area contributed by atoms with Gasteiger partial charge in [-0.2, -0.15) is 0 Å². The zero-order valence-corrected chi connectivity index (χ0v) is 10.7. The topological polar surface area (TPSA) is 99.4 Å². The fourth-order valence-corrected chi connectivity index (χ4v) is 1.93. The summed E-state index contributed by atoms with van der Waals surface area (Å²) in [5, 5.41) is 37.8. The Morgan fingerprint density at radius 1 is 1.00 bits per heavy atom. The maximum Gasteiger partial charge on any atom is 0.186 e. The highest BCUT2D eigenvalue weighted by Gasteiger charge is 2.43. The van der Waals surface area contributed by atoms with E-state index in [-0.39, 0.29) is 0 Å². The van der Waals surface area contributed by atoms with Crippen molar-refractivity contribution in [3.05, 3.63) is 0 Å². The Bertz CT molecular complexity index is 223. The van der Waals surface area contributed by atoms with Crippen LogP contribution in [0.3, 0.4) is 0 Å². The molecule has 6 heteroatoms. The van der Waals surface area contributed by atoms with Crippen molar-refractivity contribution in [1.82, 2.24) is 0 Å². The summed E-state index contributed by atoms with van der Waals surface area (Å²) in [6.45, 7) is 2.10. The average Bonchev–Trinajstić information content (AvgIpc) is 2.38. The Morgan fingerprint density at radius 2 is 1.72 bits per heavy atom. The zero-order valence-electron chi connectivity index (χ0n) is 10.7. The number of hydrogen-bond donors (Lipinski definition) is 4. The lowest BCUT2D eigenvalue weighted by Crippen LogP contribution is -2.59. The van der Waals surface area contributed by atoms with Gasteiger partial charge in [0.05, 0.1) is 6.61 Å². The first-order valence-electron chi connectivity index (χ1n) is 6.54. The molecule has 6 nitrogen and oxygen atoms in total. The van der Waals surface area contributed by atoms with Gasteiger partial charge in [-0.15, -0.1) is 0 Å². The first-order valence-corrected chi connectivity index (χ1v) is 6.54. The highest BCUT2D eigenvalue weighted by Crippen LogP contribution is 2.22. The SMILES string of the molecule is CCCCCCO[C@@H]1O[C@@H](CO)[C@@H](O)[C@H](O)[C@@H]1O. The van der Waals surface area contributed by atoms with Gasteiger partial charge in [0.2, 0.25) is 0 Å². The summed E-state index contributed by atoms with van der Waals surface area (Å²) in [6, 6.07) is 0. The van der Waals surface area contributed by atoms with Crippen LogP contribution in [-0.4, -0.2) is 64.3 Å². The van der Waals surface area contributed by atoms with Crippen molar-refractivity contribution >= 4 is 0 Å². The van der Waals surface area contributed by atoms with Crippen molar-refractivity contribution in [2.75, 3.05) is 13.2 Å². The molecule has 0 aromatic carbocycles. The molecule has 5 atom stereocenters. The van der Waals surface area contributed by atoms with Crippen molar-refractivity contribution in [2.45, 2.75) is 63.3 Å². The molecule has 0 amide bonds. The predicted molar refractivity (Wildman–Crippen MR) is 63.9 cm³/mol. The summed E-state index contributed by atoms with van der Waals surface area (Å²) in [7, 11) is 0. The van der Waals surface area contributed by atoms with Crippen molar-refractivity contribution < 1.29 is 29.9 Å². The molecule has 108 valence electrons. The third-order valence-electron chi connectivity index (χ3n) is 3.13. The Hall–Kier alpha value is -0.240. The first kappa shape index (κ1) is 15.8. The summed E-state index contributed by atoms with van der Waals surface area (Å²) < 4.78 is 10.5. The van der Waals surface area contributed by atoms with Crippen LogP contribution in [0.15, 0.2) is 0 Å². The molecule has 1 aliphatic rings. The van der Waals surface area contributed by atoms with E-state index in [1.165, 1.54) is 0 Å². The van der Waals surface area contributed by atoms with E-state index in [0.29, 0.717) is 6.61 Å². The van der Waals surface area contributed by atoms with Crippen molar-refractivity contribution in [1.29, 1.82) is 0 Å². The zero-order chi connectivity index (χ0) is 13.5. The standard InChI is InChI=1S/C12H24O6/c1-2-3-4-5-6-17-12-11(16)10(15)9(14)8(7-13)18-12/h8-16H,2-7H2,1H3/t8-,9+,10-,11-,12+/m0/s1. The van der Waals surface area contributed by atoms with Gasteiger partial charge in [0.25, 0.3) is 0 Å². The molecule has 18 heavy (non-hydrogen) atoms. The van der Waals surface area contributed by atoms with Gasteiger partial charge in [0, 0.05) is 6.61 Å². The third-order valence-corrected chi connectivity index (χ3v) is 3.13. The molecule has 1 rings (SSSR count). The molecule has 0 bridgehead atoms. The molecule has 1 heterocycles. The summed E-state index contributed by atoms with van der Waals surface area (Å²) >= 11 is 0. The third kappa shape index (κ3) is 4.15. The van der Waals surface area contributed by atoms with E-state index in [1.807, 2.05) is 0 Å². The average molecular weight is 264 g/mol. The van der Waals surface area contributed by atoms with Crippen LogP contribution in [0.2, 0.25) is 0 Å². The fraction of sp³-hybridized carbons (Fsp3) is 1.00. The quantitative estimate of drug-likeness (QED) is 0.458. The molecular weight excluding hydrogens is 240 g/mol. The molecule has 0 aromatic heterocycles. The molecule has 4 N–H and O–H groups in total. The minimum atomic E-state index is -1.36. The Morgan fingerprint density at radius 3 is 2.33 bits per heavy atom. The normalized spacial score (nSPS) is 36.8. The number of hydrogen-bond acceptors (Lipinski definition) is 6. The number of rotatable bonds is 7. The molecular formula is C12H24O6. The molecule has 1 fully saturated rings. The van der Waals surface area contributed by atoms with E-state index < -0.39 is 37.3 Å². The monoisotopic (exact) mass is 264 g/mol. The lowest BCUT2D eigenvalue weighted by molar-refractivity contribution is -0.301. The smallest absolute Gasteiger partial charge is 0.186 e. The second-order valence-corrected chi connectivity index (χ2v) is 4.63. The van der Waals surface area contributed by atoms with Gasteiger partial charge in [-0.05, 0) is 6.42 Å². The van der Waals surface area contributed by atoms with Crippen LogP contribution in [0.4, 0.5) is 0 Å². The second kappa shape index (κ2) is 8.04. The van der Waals surface area contributed by atoms with Crippen LogP contribution in [0.25, 0.3) is 0 Å². The molecule has 0 saturated carbocycles. The van der Waals surface area contributed by atoms with Crippen LogP contribution in [-0.2, 0) is 9.47 Å². The van der Waals surface area contributed by atoms with Crippen LogP contribution < -0.4 is 0 Å². The molecule has 0 spiro atoms. The van der Waals surface area contributed by atoms with Crippen molar-refractivity contribution in [3.63, 3.8) is 0 Å². The van der Waals surface area contributed by atoms with Crippen LogP contribution in [0, 0.1) is 0 Å². The predicted octanol–water partition coefficient (Wildman–Crippen LogP) is -0.617. The number of aliphatic hydroxyl groups is 4. The molecule has 1 saturated heterocycles. The molecule has 0 aliphatic carbocycles. The van der Waals surface area contributed by atoms with Crippen molar-refractivity contribution in [2.24, 2.45) is 0 Å². The summed E-state index contributed by atoms with van der Waals surface area (Å²) in [5.74, 6) is 0. The van der Waals surface area contributed by atoms with Gasteiger partial charge in [-0.1, -0.05) is 26.2 Å². The van der Waals surface area contributed by atoms with E-state index in [0.717, 1.165) is 25.7 Å². The highest BCUT2D eigenvalue weighted by molar-refractivity contribution is 4.88. The molecule has 1 aliphatic heterocycles. The molecule has 0 aromatic rings. The fourth-order valence-electron chi connectivity index (χ4n) is 1.93. The van der Waals surface area contributed by atoms with Crippen LogP contribution >= 0.6 is 0 Å². The Kier molecular flexibility index (Phi) is 7.06.